The van der Waals surface area contributed by atoms with Crippen LogP contribution in [0, 0.1) is 0 Å². The molecule has 0 radical (unpaired) electrons. The van der Waals surface area contributed by atoms with Crippen LogP contribution in [0.25, 0.3) is 11.0 Å². The Hall–Kier alpha value is -3.68. The van der Waals surface area contributed by atoms with Crippen LogP contribution in [0.2, 0.25) is 0 Å². The zero-order valence-electron chi connectivity index (χ0n) is 16.9. The summed E-state index contributed by atoms with van der Waals surface area (Å²) in [4.78, 5) is 23.0. The van der Waals surface area contributed by atoms with Gasteiger partial charge in [-0.3, -0.25) is 4.79 Å². The molecule has 2 heterocycles. The van der Waals surface area contributed by atoms with E-state index >= 15 is 0 Å². The smallest absolute Gasteiger partial charge is 0.336 e. The predicted molar refractivity (Wildman–Crippen MR) is 107 cm³/mol. The highest BCUT2D eigenvalue weighted by atomic mass is 16.6. The summed E-state index contributed by atoms with van der Waals surface area (Å²) in [5, 5.41) is 0.659. The van der Waals surface area contributed by atoms with Crippen molar-refractivity contribution >= 4 is 16.9 Å². The summed E-state index contributed by atoms with van der Waals surface area (Å²) in [7, 11) is 3.01. The molecule has 2 aromatic carbocycles. The van der Waals surface area contributed by atoms with Crippen LogP contribution in [-0.2, 0) is 4.79 Å². The molecule has 0 N–H and O–H groups in total. The van der Waals surface area contributed by atoms with Gasteiger partial charge in [0, 0.05) is 23.9 Å². The van der Waals surface area contributed by atoms with Gasteiger partial charge in [0.1, 0.15) is 6.10 Å². The van der Waals surface area contributed by atoms with Crippen molar-refractivity contribution in [2.24, 2.45) is 0 Å². The van der Waals surface area contributed by atoms with Gasteiger partial charge in [-0.2, -0.15) is 0 Å². The van der Waals surface area contributed by atoms with E-state index in [0.29, 0.717) is 39.7 Å². The summed E-state index contributed by atoms with van der Waals surface area (Å²) in [6.45, 7) is 3.16. The Bertz CT molecular complexity index is 1180. The number of fused-ring (bicyclic) bond motifs is 3. The molecule has 2 atom stereocenters. The third-order valence-corrected chi connectivity index (χ3v) is 4.75. The van der Waals surface area contributed by atoms with Crippen molar-refractivity contribution in [3.05, 3.63) is 52.4 Å². The molecule has 8 nitrogen and oxygen atoms in total. The first-order valence-corrected chi connectivity index (χ1v) is 9.25. The Morgan fingerprint density at radius 1 is 0.933 bits per heavy atom. The standard InChI is InChI=1S/C22H20O8/c1-11-19(13-5-7-15(28-12(2)23)16(9-13)25-3)30-21-17(26-4)10-14-6-8-18(24)29-20(14)22(21)27-11/h5-11,19H,1-4H3/t11-,19+/m0/s1. The minimum absolute atomic E-state index is 0.298. The third kappa shape index (κ3) is 3.41. The molecule has 0 saturated carbocycles. The number of hydrogen-bond donors (Lipinski definition) is 0. The molecule has 3 aromatic rings. The van der Waals surface area contributed by atoms with E-state index in [1.165, 1.54) is 27.2 Å². The molecular formula is C22H20O8. The van der Waals surface area contributed by atoms with E-state index in [2.05, 4.69) is 0 Å². The van der Waals surface area contributed by atoms with Gasteiger partial charge in [-0.1, -0.05) is 6.07 Å². The fraction of sp³-hybridized carbons (Fsp3) is 0.273. The number of carbonyl (C=O) groups is 1. The SMILES string of the molecule is COc1cc([C@@H]2Oc3c(OC)cc4ccc(=O)oc4c3O[C@H]2C)ccc1OC(C)=O. The van der Waals surface area contributed by atoms with E-state index in [1.807, 2.05) is 6.92 Å². The highest BCUT2D eigenvalue weighted by Gasteiger charge is 2.35. The maximum Gasteiger partial charge on any atom is 0.336 e. The average molecular weight is 412 g/mol. The van der Waals surface area contributed by atoms with Gasteiger partial charge in [0.15, 0.2) is 28.9 Å². The van der Waals surface area contributed by atoms with Gasteiger partial charge in [0.2, 0.25) is 11.5 Å². The molecule has 0 unspecified atom stereocenters. The number of rotatable bonds is 4. The fourth-order valence-corrected chi connectivity index (χ4v) is 3.42. The second kappa shape index (κ2) is 7.62. The van der Waals surface area contributed by atoms with Gasteiger partial charge in [0.25, 0.3) is 0 Å². The number of hydrogen-bond acceptors (Lipinski definition) is 8. The van der Waals surface area contributed by atoms with E-state index in [9.17, 15) is 9.59 Å². The zero-order valence-corrected chi connectivity index (χ0v) is 16.9. The summed E-state index contributed by atoms with van der Waals surface area (Å²) < 4.78 is 33.7. The molecule has 30 heavy (non-hydrogen) atoms. The summed E-state index contributed by atoms with van der Waals surface area (Å²) in [6, 6.07) is 9.82. The lowest BCUT2D eigenvalue weighted by atomic mass is 10.0. The maximum absolute atomic E-state index is 11.7. The molecule has 4 rings (SSSR count). The lowest BCUT2D eigenvalue weighted by molar-refractivity contribution is -0.132. The maximum atomic E-state index is 11.7. The average Bonchev–Trinajstić information content (AvgIpc) is 2.73. The second-order valence-corrected chi connectivity index (χ2v) is 6.78. The number of benzene rings is 2. The van der Waals surface area contributed by atoms with Gasteiger partial charge in [0.05, 0.1) is 14.2 Å². The molecule has 0 aliphatic carbocycles. The summed E-state index contributed by atoms with van der Waals surface area (Å²) in [6.07, 6.45) is -0.942. The van der Waals surface area contributed by atoms with E-state index in [1.54, 1.807) is 30.3 Å². The summed E-state index contributed by atoms with van der Waals surface area (Å²) >= 11 is 0. The van der Waals surface area contributed by atoms with Gasteiger partial charge < -0.3 is 28.1 Å². The fourth-order valence-electron chi connectivity index (χ4n) is 3.42. The minimum atomic E-state index is -0.514. The van der Waals surface area contributed by atoms with Crippen LogP contribution in [0.1, 0.15) is 25.5 Å². The Morgan fingerprint density at radius 2 is 1.70 bits per heavy atom. The zero-order chi connectivity index (χ0) is 21.4. The molecule has 0 amide bonds. The number of ether oxygens (including phenoxy) is 5. The third-order valence-electron chi connectivity index (χ3n) is 4.75. The molecule has 156 valence electrons. The van der Waals surface area contributed by atoms with Crippen molar-refractivity contribution in [2.75, 3.05) is 14.2 Å². The van der Waals surface area contributed by atoms with Crippen LogP contribution in [0.15, 0.2) is 45.6 Å². The van der Waals surface area contributed by atoms with E-state index in [4.69, 9.17) is 28.1 Å². The molecule has 0 fully saturated rings. The molecule has 8 heteroatoms. The van der Waals surface area contributed by atoms with Crippen molar-refractivity contribution in [1.29, 1.82) is 0 Å². The Labute approximate surface area is 171 Å². The highest BCUT2D eigenvalue weighted by molar-refractivity contribution is 5.88. The second-order valence-electron chi connectivity index (χ2n) is 6.78. The summed E-state index contributed by atoms with van der Waals surface area (Å²) in [5.74, 6) is 1.36. The molecule has 0 spiro atoms. The Balaban J connectivity index is 1.78. The van der Waals surface area contributed by atoms with E-state index in [0.717, 1.165) is 5.56 Å². The Morgan fingerprint density at radius 3 is 2.40 bits per heavy atom. The largest absolute Gasteiger partial charge is 0.493 e. The molecule has 1 aliphatic rings. The number of carbonyl (C=O) groups excluding carboxylic acids is 1. The first-order chi connectivity index (χ1) is 14.4. The van der Waals surface area contributed by atoms with Crippen LogP contribution in [-0.4, -0.2) is 26.3 Å². The first kappa shape index (κ1) is 19.6. The van der Waals surface area contributed by atoms with E-state index < -0.39 is 23.8 Å². The van der Waals surface area contributed by atoms with E-state index in [-0.39, 0.29) is 0 Å². The quantitative estimate of drug-likeness (QED) is 0.364. The number of methoxy groups -OCH3 is 2. The highest BCUT2D eigenvalue weighted by Crippen LogP contribution is 2.49. The van der Waals surface area contributed by atoms with Crippen LogP contribution < -0.4 is 29.3 Å². The van der Waals surface area contributed by atoms with Gasteiger partial charge >= 0.3 is 11.6 Å². The van der Waals surface area contributed by atoms with Crippen molar-refractivity contribution in [3.63, 3.8) is 0 Å². The van der Waals surface area contributed by atoms with Gasteiger partial charge in [-0.05, 0) is 31.2 Å². The molecular weight excluding hydrogens is 392 g/mol. The molecule has 0 saturated heterocycles. The van der Waals surface area contributed by atoms with Crippen LogP contribution >= 0.6 is 0 Å². The minimum Gasteiger partial charge on any atom is -0.493 e. The van der Waals surface area contributed by atoms with Crippen molar-refractivity contribution in [3.8, 4) is 28.7 Å². The Kier molecular flexibility index (Phi) is 4.99. The summed E-state index contributed by atoms with van der Waals surface area (Å²) in [5.41, 5.74) is 0.558. The van der Waals surface area contributed by atoms with Crippen LogP contribution in [0.5, 0.6) is 28.7 Å². The van der Waals surface area contributed by atoms with Gasteiger partial charge in [-0.15, -0.1) is 0 Å². The lowest BCUT2D eigenvalue weighted by Crippen LogP contribution is -2.31. The molecule has 1 aliphatic heterocycles. The van der Waals surface area contributed by atoms with Crippen molar-refractivity contribution in [1.82, 2.24) is 0 Å². The molecule has 1 aromatic heterocycles. The monoisotopic (exact) mass is 412 g/mol. The van der Waals surface area contributed by atoms with Crippen LogP contribution in [0.4, 0.5) is 0 Å². The van der Waals surface area contributed by atoms with Crippen molar-refractivity contribution < 1.29 is 32.9 Å². The van der Waals surface area contributed by atoms with Gasteiger partial charge in [-0.25, -0.2) is 4.79 Å². The first-order valence-electron chi connectivity index (χ1n) is 9.25. The number of esters is 1. The normalized spacial score (nSPS) is 17.5. The van der Waals surface area contributed by atoms with Crippen LogP contribution in [0.3, 0.4) is 0 Å². The lowest BCUT2D eigenvalue weighted by Gasteiger charge is -2.33. The van der Waals surface area contributed by atoms with Crippen molar-refractivity contribution in [2.45, 2.75) is 26.1 Å². The predicted octanol–water partition coefficient (Wildman–Crippen LogP) is 3.64. The molecule has 0 bridgehead atoms. The topological polar surface area (TPSA) is 93.4 Å².